The number of alkyl halides is 3. The standard InChI is InChI=1S/C18H18F3N5O/c19-18(20,21)11-4-6-12(7-5-11)23-17-24-16-3-1-2-15(26(16)25-17)22-13-8-9-14(27)10-13/h1-7,13-14,22,27H,8-10H2,(H,23,25)/t13-,14-/m1/s1. The number of rotatable bonds is 4. The maximum Gasteiger partial charge on any atom is 0.416 e. The van der Waals surface area contributed by atoms with E-state index in [4.69, 9.17) is 0 Å². The molecule has 2 atom stereocenters. The van der Waals surface area contributed by atoms with Gasteiger partial charge in [-0.2, -0.15) is 22.7 Å². The highest BCUT2D eigenvalue weighted by atomic mass is 19.4. The lowest BCUT2D eigenvalue weighted by atomic mass is 10.2. The van der Waals surface area contributed by atoms with E-state index in [0.717, 1.165) is 30.8 Å². The first kappa shape index (κ1) is 17.6. The van der Waals surface area contributed by atoms with Crippen LogP contribution in [-0.2, 0) is 6.18 Å². The SMILES string of the molecule is O[C@@H]1CC[C@@H](Nc2cccc3nc(Nc4ccc(C(F)(F)F)cc4)nn23)C1. The number of halogens is 3. The van der Waals surface area contributed by atoms with Gasteiger partial charge in [0, 0.05) is 11.7 Å². The van der Waals surface area contributed by atoms with Gasteiger partial charge in [-0.15, -0.1) is 5.10 Å². The van der Waals surface area contributed by atoms with Crippen molar-refractivity contribution in [3.05, 3.63) is 48.0 Å². The van der Waals surface area contributed by atoms with Crippen molar-refractivity contribution in [3.63, 3.8) is 0 Å². The van der Waals surface area contributed by atoms with Gasteiger partial charge in [0.2, 0.25) is 5.95 Å². The predicted octanol–water partition coefficient (Wildman–Crippen LogP) is 3.82. The van der Waals surface area contributed by atoms with Gasteiger partial charge in [0.05, 0.1) is 11.7 Å². The molecule has 9 heteroatoms. The van der Waals surface area contributed by atoms with Gasteiger partial charge >= 0.3 is 6.18 Å². The fourth-order valence-electron chi connectivity index (χ4n) is 3.24. The molecule has 0 aliphatic heterocycles. The third kappa shape index (κ3) is 3.82. The monoisotopic (exact) mass is 377 g/mol. The second-order valence-electron chi connectivity index (χ2n) is 6.62. The highest BCUT2D eigenvalue weighted by molar-refractivity contribution is 5.58. The molecule has 0 radical (unpaired) electrons. The Kier molecular flexibility index (Phi) is 4.39. The van der Waals surface area contributed by atoms with Crippen LogP contribution in [0.15, 0.2) is 42.5 Å². The lowest BCUT2D eigenvalue weighted by Crippen LogP contribution is -2.18. The topological polar surface area (TPSA) is 74.5 Å². The van der Waals surface area contributed by atoms with Crippen LogP contribution in [0.5, 0.6) is 0 Å². The number of aliphatic hydroxyl groups is 1. The second-order valence-corrected chi connectivity index (χ2v) is 6.62. The molecule has 3 aromatic rings. The molecule has 6 nitrogen and oxygen atoms in total. The predicted molar refractivity (Wildman–Crippen MR) is 95.0 cm³/mol. The van der Waals surface area contributed by atoms with Crippen LogP contribution in [0.1, 0.15) is 24.8 Å². The van der Waals surface area contributed by atoms with E-state index in [1.54, 1.807) is 10.6 Å². The van der Waals surface area contributed by atoms with Crippen molar-refractivity contribution in [2.45, 2.75) is 37.6 Å². The van der Waals surface area contributed by atoms with Crippen LogP contribution >= 0.6 is 0 Å². The molecule has 2 heterocycles. The van der Waals surface area contributed by atoms with E-state index in [0.29, 0.717) is 17.8 Å². The van der Waals surface area contributed by atoms with Gasteiger partial charge in [0.1, 0.15) is 5.82 Å². The molecule has 0 unspecified atom stereocenters. The van der Waals surface area contributed by atoms with Gasteiger partial charge in [-0.3, -0.25) is 0 Å². The van der Waals surface area contributed by atoms with Crippen LogP contribution in [0.4, 0.5) is 30.6 Å². The van der Waals surface area contributed by atoms with Crippen LogP contribution in [-0.4, -0.2) is 31.9 Å². The number of nitrogens with zero attached hydrogens (tertiary/aromatic N) is 3. The Morgan fingerprint density at radius 1 is 1.07 bits per heavy atom. The molecular weight excluding hydrogens is 359 g/mol. The summed E-state index contributed by atoms with van der Waals surface area (Å²) in [6.07, 6.45) is -2.32. The molecule has 1 aliphatic carbocycles. The number of anilines is 3. The van der Waals surface area contributed by atoms with E-state index in [1.807, 2.05) is 12.1 Å². The van der Waals surface area contributed by atoms with E-state index in [2.05, 4.69) is 20.7 Å². The molecule has 1 aromatic carbocycles. The number of fused-ring (bicyclic) bond motifs is 1. The van der Waals surface area contributed by atoms with Crippen molar-refractivity contribution in [2.24, 2.45) is 0 Å². The molecule has 2 aromatic heterocycles. The zero-order chi connectivity index (χ0) is 19.0. The molecule has 1 fully saturated rings. The Hall–Kier alpha value is -2.81. The van der Waals surface area contributed by atoms with Crippen molar-refractivity contribution in [3.8, 4) is 0 Å². The first-order valence-corrected chi connectivity index (χ1v) is 8.63. The lowest BCUT2D eigenvalue weighted by molar-refractivity contribution is -0.137. The normalized spacial score (nSPS) is 20.1. The molecule has 4 rings (SSSR count). The number of aromatic nitrogens is 3. The number of benzene rings is 1. The third-order valence-corrected chi connectivity index (χ3v) is 4.59. The van der Waals surface area contributed by atoms with Gasteiger partial charge < -0.3 is 15.7 Å². The van der Waals surface area contributed by atoms with Crippen LogP contribution in [0, 0.1) is 0 Å². The van der Waals surface area contributed by atoms with Crippen molar-refractivity contribution < 1.29 is 18.3 Å². The van der Waals surface area contributed by atoms with E-state index in [9.17, 15) is 18.3 Å². The summed E-state index contributed by atoms with van der Waals surface area (Å²) in [7, 11) is 0. The van der Waals surface area contributed by atoms with Crippen molar-refractivity contribution >= 4 is 23.1 Å². The summed E-state index contributed by atoms with van der Waals surface area (Å²) in [5.74, 6) is 1.04. The molecule has 3 N–H and O–H groups in total. The Labute approximate surface area is 153 Å². The number of aliphatic hydroxyl groups excluding tert-OH is 1. The summed E-state index contributed by atoms with van der Waals surface area (Å²) in [6, 6.07) is 10.4. The molecular formula is C18H18F3N5O. The number of hydrogen-bond donors (Lipinski definition) is 3. The number of hydrogen-bond acceptors (Lipinski definition) is 5. The second kappa shape index (κ2) is 6.73. The zero-order valence-corrected chi connectivity index (χ0v) is 14.2. The van der Waals surface area contributed by atoms with Crippen molar-refractivity contribution in [1.82, 2.24) is 14.6 Å². The Morgan fingerprint density at radius 3 is 2.52 bits per heavy atom. The number of nitrogens with one attached hydrogen (secondary N) is 2. The van der Waals surface area contributed by atoms with E-state index in [1.165, 1.54) is 12.1 Å². The largest absolute Gasteiger partial charge is 0.416 e. The number of pyridine rings is 1. The van der Waals surface area contributed by atoms with Gasteiger partial charge in [0.25, 0.3) is 0 Å². The molecule has 1 aliphatic rings. The highest BCUT2D eigenvalue weighted by Gasteiger charge is 2.30. The van der Waals surface area contributed by atoms with E-state index in [-0.39, 0.29) is 18.1 Å². The Bertz CT molecular complexity index is 938. The fraction of sp³-hybridized carbons (Fsp3) is 0.333. The molecule has 0 spiro atoms. The summed E-state index contributed by atoms with van der Waals surface area (Å²) in [4.78, 5) is 4.36. The van der Waals surface area contributed by atoms with Crippen LogP contribution in [0.3, 0.4) is 0 Å². The Balaban J connectivity index is 1.54. The summed E-state index contributed by atoms with van der Waals surface area (Å²) in [6.45, 7) is 0. The summed E-state index contributed by atoms with van der Waals surface area (Å²) >= 11 is 0. The van der Waals surface area contributed by atoms with Gasteiger partial charge in [-0.05, 0) is 55.7 Å². The van der Waals surface area contributed by atoms with Gasteiger partial charge in [-0.1, -0.05) is 6.07 Å². The molecule has 142 valence electrons. The smallest absolute Gasteiger partial charge is 0.393 e. The maximum atomic E-state index is 12.7. The van der Waals surface area contributed by atoms with Crippen molar-refractivity contribution in [2.75, 3.05) is 10.6 Å². The van der Waals surface area contributed by atoms with E-state index >= 15 is 0 Å². The molecule has 1 saturated carbocycles. The van der Waals surface area contributed by atoms with E-state index < -0.39 is 11.7 Å². The molecule has 0 saturated heterocycles. The van der Waals surface area contributed by atoms with Crippen molar-refractivity contribution in [1.29, 1.82) is 0 Å². The van der Waals surface area contributed by atoms with Gasteiger partial charge in [0.15, 0.2) is 5.65 Å². The minimum Gasteiger partial charge on any atom is -0.393 e. The summed E-state index contributed by atoms with van der Waals surface area (Å²) < 4.78 is 39.6. The zero-order valence-electron chi connectivity index (χ0n) is 14.2. The minimum atomic E-state index is -4.37. The highest BCUT2D eigenvalue weighted by Crippen LogP contribution is 2.30. The summed E-state index contributed by atoms with van der Waals surface area (Å²) in [5, 5.41) is 20.3. The minimum absolute atomic E-state index is 0.168. The molecule has 27 heavy (non-hydrogen) atoms. The maximum absolute atomic E-state index is 12.7. The first-order chi connectivity index (χ1) is 12.9. The summed E-state index contributed by atoms with van der Waals surface area (Å²) in [5.41, 5.74) is 0.363. The average Bonchev–Trinajstić information content (AvgIpc) is 3.21. The average molecular weight is 377 g/mol. The van der Waals surface area contributed by atoms with Gasteiger partial charge in [-0.25, -0.2) is 0 Å². The van der Waals surface area contributed by atoms with Crippen LogP contribution in [0.25, 0.3) is 5.65 Å². The fourth-order valence-corrected chi connectivity index (χ4v) is 3.24. The lowest BCUT2D eigenvalue weighted by Gasteiger charge is -2.14. The quantitative estimate of drug-likeness (QED) is 0.645. The molecule has 0 amide bonds. The third-order valence-electron chi connectivity index (χ3n) is 4.59. The Morgan fingerprint density at radius 2 is 1.85 bits per heavy atom. The van der Waals surface area contributed by atoms with Crippen LogP contribution in [0.2, 0.25) is 0 Å². The first-order valence-electron chi connectivity index (χ1n) is 8.63. The molecule has 0 bridgehead atoms. The van der Waals surface area contributed by atoms with Crippen LogP contribution < -0.4 is 10.6 Å².